The normalized spacial score (nSPS) is 14.5. The highest BCUT2D eigenvalue weighted by atomic mass is 32.5. The quantitative estimate of drug-likeness (QED) is 0.534. The number of rotatable bonds is 4. The second kappa shape index (κ2) is 5.27. The van der Waals surface area contributed by atoms with Crippen LogP contribution in [0.1, 0.15) is 15.2 Å². The van der Waals surface area contributed by atoms with Gasteiger partial charge in [0.1, 0.15) is 4.90 Å². The molecule has 0 spiro atoms. The molecule has 0 aliphatic carbocycles. The van der Waals surface area contributed by atoms with Crippen molar-refractivity contribution < 1.29 is 28.6 Å². The summed E-state index contributed by atoms with van der Waals surface area (Å²) in [6.07, 6.45) is 0. The average molecular weight is 411 g/mol. The van der Waals surface area contributed by atoms with E-state index in [9.17, 15) is 24.2 Å². The Kier molecular flexibility index (Phi) is 3.71. The molecule has 1 N–H and O–H groups in total. The van der Waals surface area contributed by atoms with E-state index >= 15 is 0 Å². The Morgan fingerprint density at radius 3 is 2.46 bits per heavy atom. The molecule has 1 amide bonds. The second-order valence-corrected chi connectivity index (χ2v) is 8.97. The molecule has 0 bridgehead atoms. The molecule has 1 aromatic carbocycles. The van der Waals surface area contributed by atoms with Crippen molar-refractivity contribution in [3.63, 3.8) is 0 Å². The third kappa shape index (κ3) is 4.02. The van der Waals surface area contributed by atoms with Gasteiger partial charge in [0.15, 0.2) is 0 Å². The molecule has 0 atom stereocenters. The molecular weight excluding hydrogens is 401 g/mol. The largest absolute Gasteiger partial charge is 0.402 e. The molecule has 0 radical (unpaired) electrons. The third-order valence-corrected chi connectivity index (χ3v) is 5.27. The number of nitrogens with zero attached hydrogens (tertiary/aromatic N) is 2. The highest BCUT2D eigenvalue weighted by Crippen LogP contribution is 3.02. The van der Waals surface area contributed by atoms with Crippen molar-refractivity contribution in [2.24, 2.45) is 0 Å². The van der Waals surface area contributed by atoms with E-state index in [0.29, 0.717) is 4.88 Å². The number of aryl methyl sites for hydroxylation is 1. The van der Waals surface area contributed by atoms with Crippen LogP contribution in [0.4, 0.5) is 25.4 Å². The fraction of sp³-hybridized carbons (Fsp3) is 0.0714. The average Bonchev–Trinajstić information content (AvgIpc) is 3.14. The maximum Gasteiger partial charge on any atom is 0.322 e. The van der Waals surface area contributed by atoms with Gasteiger partial charge in [-0.05, 0) is 37.3 Å². The molecule has 2 aromatic heterocycles. The third-order valence-electron chi connectivity index (χ3n) is 3.14. The SMILES string of the molecule is Cc1ccc(-c2nnc(NC(=O)c3cccc(S(F)(F)(F)(F)F)c3)o2)s1. The number of benzene rings is 1. The molecule has 26 heavy (non-hydrogen) atoms. The highest BCUT2D eigenvalue weighted by molar-refractivity contribution is 8.45. The van der Waals surface area contributed by atoms with Gasteiger partial charge in [-0.25, -0.2) is 0 Å². The van der Waals surface area contributed by atoms with Crippen molar-refractivity contribution in [3.05, 3.63) is 46.8 Å². The summed E-state index contributed by atoms with van der Waals surface area (Å²) in [5.74, 6) is -0.981. The highest BCUT2D eigenvalue weighted by Gasteiger charge is 2.65. The summed E-state index contributed by atoms with van der Waals surface area (Å²) in [5.41, 5.74) is -0.623. The lowest BCUT2D eigenvalue weighted by atomic mass is 10.2. The van der Waals surface area contributed by atoms with Crippen molar-refractivity contribution in [1.29, 1.82) is 0 Å². The van der Waals surface area contributed by atoms with Crippen LogP contribution in [0.2, 0.25) is 0 Å². The van der Waals surface area contributed by atoms with E-state index in [4.69, 9.17) is 4.42 Å². The maximum atomic E-state index is 12.8. The number of hydrogen-bond acceptors (Lipinski definition) is 5. The summed E-state index contributed by atoms with van der Waals surface area (Å²) in [6.45, 7) is 1.86. The first-order valence-electron chi connectivity index (χ1n) is 6.88. The Bertz CT molecular complexity index is 998. The van der Waals surface area contributed by atoms with Crippen LogP contribution in [0.3, 0.4) is 0 Å². The molecule has 0 aliphatic rings. The predicted molar refractivity (Wildman–Crippen MR) is 88.1 cm³/mol. The van der Waals surface area contributed by atoms with Crippen LogP contribution in [0.25, 0.3) is 10.8 Å². The number of aromatic nitrogens is 2. The van der Waals surface area contributed by atoms with Gasteiger partial charge in [0.05, 0.1) is 4.88 Å². The molecule has 2 heterocycles. The molecule has 0 fully saturated rings. The van der Waals surface area contributed by atoms with Crippen LogP contribution in [0.5, 0.6) is 0 Å². The van der Waals surface area contributed by atoms with Gasteiger partial charge < -0.3 is 4.42 Å². The van der Waals surface area contributed by atoms with Crippen molar-refractivity contribution in [3.8, 4) is 10.8 Å². The minimum absolute atomic E-state index is 0.0802. The number of anilines is 1. The fourth-order valence-corrected chi connectivity index (χ4v) is 3.44. The number of halogens is 5. The minimum atomic E-state index is -9.88. The minimum Gasteiger partial charge on any atom is -0.402 e. The lowest BCUT2D eigenvalue weighted by Gasteiger charge is -2.40. The van der Waals surface area contributed by atoms with Crippen LogP contribution in [-0.2, 0) is 0 Å². The number of hydrogen-bond donors (Lipinski definition) is 1. The van der Waals surface area contributed by atoms with Crippen LogP contribution < -0.4 is 5.32 Å². The van der Waals surface area contributed by atoms with E-state index in [1.54, 1.807) is 6.07 Å². The van der Waals surface area contributed by atoms with Crippen molar-refractivity contribution in [1.82, 2.24) is 10.2 Å². The Morgan fingerprint density at radius 2 is 1.85 bits per heavy atom. The molecule has 3 aromatic rings. The maximum absolute atomic E-state index is 12.8. The number of carbonyl (C=O) groups is 1. The Morgan fingerprint density at radius 1 is 1.12 bits per heavy atom. The van der Waals surface area contributed by atoms with Gasteiger partial charge in [-0.3, -0.25) is 10.1 Å². The molecule has 140 valence electrons. The first-order chi connectivity index (χ1) is 11.8. The molecule has 3 rings (SSSR count). The molecule has 0 aliphatic heterocycles. The summed E-state index contributed by atoms with van der Waals surface area (Å²) in [4.78, 5) is 11.5. The van der Waals surface area contributed by atoms with E-state index < -0.39 is 26.6 Å². The van der Waals surface area contributed by atoms with Crippen LogP contribution in [0.15, 0.2) is 45.7 Å². The van der Waals surface area contributed by atoms with Gasteiger partial charge in [-0.15, -0.1) is 16.4 Å². The van der Waals surface area contributed by atoms with Crippen LogP contribution in [-0.4, -0.2) is 16.1 Å². The summed E-state index contributed by atoms with van der Waals surface area (Å²) in [5, 5.41) is 9.36. The van der Waals surface area contributed by atoms with Gasteiger partial charge in [-0.1, -0.05) is 30.6 Å². The zero-order valence-corrected chi connectivity index (χ0v) is 14.5. The van der Waals surface area contributed by atoms with E-state index in [1.807, 2.05) is 13.0 Å². The molecule has 12 heteroatoms. The number of carbonyl (C=O) groups excluding carboxylic acids is 1. The van der Waals surface area contributed by atoms with E-state index in [-0.39, 0.29) is 24.0 Å². The summed E-state index contributed by atoms with van der Waals surface area (Å²) >= 11 is 1.36. The van der Waals surface area contributed by atoms with E-state index in [1.165, 1.54) is 11.3 Å². The smallest absolute Gasteiger partial charge is 0.322 e. The summed E-state index contributed by atoms with van der Waals surface area (Å²) in [6, 6.07) is 5.14. The molecular formula is C14H10F5N3O2S2. The Labute approximate surface area is 147 Å². The Hall–Kier alpha value is -2.47. The first kappa shape index (κ1) is 18.3. The van der Waals surface area contributed by atoms with E-state index in [0.717, 1.165) is 17.0 Å². The molecule has 0 saturated carbocycles. The Balaban J connectivity index is 1.83. The van der Waals surface area contributed by atoms with Crippen molar-refractivity contribution in [2.45, 2.75) is 11.8 Å². The molecule has 0 saturated heterocycles. The standard InChI is InChI=1S/C14H10F5N3O2S2/c1-8-5-6-11(25-8)13-21-22-14(24-13)20-12(23)9-3-2-4-10(7-9)26(15,16,17,18)19/h2-7H,1H3,(H,20,22,23). The van der Waals surface area contributed by atoms with Gasteiger partial charge in [0, 0.05) is 10.4 Å². The van der Waals surface area contributed by atoms with Crippen LogP contribution >= 0.6 is 21.6 Å². The van der Waals surface area contributed by atoms with Crippen molar-refractivity contribution in [2.75, 3.05) is 5.32 Å². The van der Waals surface area contributed by atoms with Crippen LogP contribution in [0, 0.1) is 6.92 Å². The zero-order chi connectivity index (χ0) is 19.2. The summed E-state index contributed by atoms with van der Waals surface area (Å²) in [7, 11) is -9.88. The number of thiophene rings is 1. The lowest BCUT2D eigenvalue weighted by molar-refractivity contribution is 0.102. The van der Waals surface area contributed by atoms with Crippen molar-refractivity contribution >= 4 is 33.5 Å². The second-order valence-electron chi connectivity index (χ2n) is 5.27. The fourth-order valence-electron chi connectivity index (χ4n) is 1.97. The number of amides is 1. The van der Waals surface area contributed by atoms with Gasteiger partial charge in [0.25, 0.3) is 11.8 Å². The lowest BCUT2D eigenvalue weighted by Crippen LogP contribution is -2.14. The monoisotopic (exact) mass is 411 g/mol. The van der Waals surface area contributed by atoms with E-state index in [2.05, 4.69) is 15.5 Å². The molecule has 0 unspecified atom stereocenters. The topological polar surface area (TPSA) is 68.0 Å². The summed E-state index contributed by atoms with van der Waals surface area (Å²) < 4.78 is 69.4. The first-order valence-corrected chi connectivity index (χ1v) is 9.64. The van der Waals surface area contributed by atoms with Gasteiger partial charge in [0.2, 0.25) is 0 Å². The van der Waals surface area contributed by atoms with Gasteiger partial charge in [-0.2, -0.15) is 0 Å². The predicted octanol–water partition coefficient (Wildman–Crippen LogP) is 6.02. The van der Waals surface area contributed by atoms with Gasteiger partial charge >= 0.3 is 16.2 Å². The zero-order valence-electron chi connectivity index (χ0n) is 12.9. The number of nitrogens with one attached hydrogen (secondary N) is 1. The molecule has 5 nitrogen and oxygen atoms in total.